The highest BCUT2D eigenvalue weighted by Crippen LogP contribution is 2.18. The predicted octanol–water partition coefficient (Wildman–Crippen LogP) is 0.924. The Morgan fingerprint density at radius 1 is 1.62 bits per heavy atom. The zero-order valence-electron chi connectivity index (χ0n) is 8.82. The van der Waals surface area contributed by atoms with E-state index in [-0.39, 0.29) is 0 Å². The molecule has 0 amide bonds. The van der Waals surface area contributed by atoms with Crippen molar-refractivity contribution in [1.82, 2.24) is 9.80 Å². The Bertz CT molecular complexity index is 187. The van der Waals surface area contributed by atoms with E-state index in [1.165, 1.54) is 6.42 Å². The van der Waals surface area contributed by atoms with Crippen LogP contribution in [0.4, 0.5) is 0 Å². The molecule has 0 saturated carbocycles. The lowest BCUT2D eigenvalue weighted by atomic mass is 10.1. The fraction of sp³-hybridized carbons (Fsp3) is 0.900. The molecule has 1 rings (SSSR count). The molecule has 1 aliphatic heterocycles. The number of likely N-dealkylation sites (N-methyl/N-ethyl adjacent to an activating group) is 2. The van der Waals surface area contributed by atoms with Gasteiger partial charge in [-0.3, -0.25) is 0 Å². The Hall–Kier alpha value is -0.590. The maximum atomic E-state index is 8.47. The number of likely N-dealkylation sites (tertiary alicyclic amines) is 1. The Balaban J connectivity index is 2.33. The van der Waals surface area contributed by atoms with Gasteiger partial charge in [-0.1, -0.05) is 0 Å². The first kappa shape index (κ1) is 10.5. The normalized spacial score (nSPS) is 29.5. The lowest BCUT2D eigenvalue weighted by molar-refractivity contribution is 0.245. The van der Waals surface area contributed by atoms with Crippen LogP contribution < -0.4 is 0 Å². The summed E-state index contributed by atoms with van der Waals surface area (Å²) in [5.41, 5.74) is 0. The maximum absolute atomic E-state index is 8.47. The van der Waals surface area contributed by atoms with Crippen molar-refractivity contribution in [2.75, 3.05) is 27.2 Å². The third kappa shape index (κ3) is 2.68. The SMILES string of the molecule is CC1CC(N(C)CCC#N)CN1C. The molecule has 0 aromatic heterocycles. The summed E-state index contributed by atoms with van der Waals surface area (Å²) in [6.07, 6.45) is 1.88. The van der Waals surface area contributed by atoms with Crippen molar-refractivity contribution in [1.29, 1.82) is 5.26 Å². The van der Waals surface area contributed by atoms with Crippen molar-refractivity contribution in [3.63, 3.8) is 0 Å². The molecule has 3 heteroatoms. The lowest BCUT2D eigenvalue weighted by Gasteiger charge is -2.22. The molecule has 2 unspecified atom stereocenters. The highest BCUT2D eigenvalue weighted by molar-refractivity contribution is 4.86. The number of hydrogen-bond donors (Lipinski definition) is 0. The quantitative estimate of drug-likeness (QED) is 0.648. The minimum absolute atomic E-state index is 0.644. The van der Waals surface area contributed by atoms with Gasteiger partial charge in [0.05, 0.1) is 6.07 Å². The van der Waals surface area contributed by atoms with Gasteiger partial charge in [0, 0.05) is 31.6 Å². The van der Waals surface area contributed by atoms with Gasteiger partial charge in [0.2, 0.25) is 0 Å². The van der Waals surface area contributed by atoms with Crippen LogP contribution in [-0.4, -0.2) is 49.1 Å². The molecule has 2 atom stereocenters. The van der Waals surface area contributed by atoms with Crippen molar-refractivity contribution in [3.05, 3.63) is 0 Å². The van der Waals surface area contributed by atoms with Gasteiger partial charge in [-0.2, -0.15) is 5.26 Å². The van der Waals surface area contributed by atoms with Gasteiger partial charge in [0.1, 0.15) is 0 Å². The summed E-state index contributed by atoms with van der Waals surface area (Å²) in [5.74, 6) is 0. The molecule has 3 nitrogen and oxygen atoms in total. The van der Waals surface area contributed by atoms with Crippen LogP contribution in [0.2, 0.25) is 0 Å². The van der Waals surface area contributed by atoms with Crippen LogP contribution in [-0.2, 0) is 0 Å². The average Bonchev–Trinajstić information content (AvgIpc) is 2.43. The molecule has 1 fully saturated rings. The molecule has 0 bridgehead atoms. The predicted molar refractivity (Wildman–Crippen MR) is 53.4 cm³/mol. The molecule has 1 heterocycles. The topological polar surface area (TPSA) is 30.3 Å². The maximum Gasteiger partial charge on any atom is 0.0635 e. The van der Waals surface area contributed by atoms with Crippen LogP contribution in [0.15, 0.2) is 0 Å². The molecular weight excluding hydrogens is 162 g/mol. The van der Waals surface area contributed by atoms with Gasteiger partial charge in [-0.05, 0) is 27.4 Å². The van der Waals surface area contributed by atoms with E-state index in [0.29, 0.717) is 18.5 Å². The number of hydrogen-bond acceptors (Lipinski definition) is 3. The Morgan fingerprint density at radius 2 is 2.31 bits per heavy atom. The fourth-order valence-corrected chi connectivity index (χ4v) is 1.89. The van der Waals surface area contributed by atoms with Crippen molar-refractivity contribution < 1.29 is 0 Å². The highest BCUT2D eigenvalue weighted by atomic mass is 15.2. The summed E-state index contributed by atoms with van der Waals surface area (Å²) < 4.78 is 0. The number of nitriles is 1. The molecule has 0 aliphatic carbocycles. The van der Waals surface area contributed by atoms with E-state index in [4.69, 9.17) is 5.26 Å². The minimum Gasteiger partial charge on any atom is -0.302 e. The molecule has 0 radical (unpaired) electrons. The van der Waals surface area contributed by atoms with Crippen LogP contribution >= 0.6 is 0 Å². The first-order valence-corrected chi connectivity index (χ1v) is 4.92. The summed E-state index contributed by atoms with van der Waals surface area (Å²) in [6, 6.07) is 3.53. The molecule has 13 heavy (non-hydrogen) atoms. The Labute approximate surface area is 80.9 Å². The third-order valence-corrected chi connectivity index (χ3v) is 3.06. The molecule has 1 aliphatic rings. The summed E-state index contributed by atoms with van der Waals surface area (Å²) in [7, 11) is 4.29. The second-order valence-corrected chi connectivity index (χ2v) is 4.07. The van der Waals surface area contributed by atoms with Crippen molar-refractivity contribution in [2.45, 2.75) is 31.8 Å². The molecular formula is C10H19N3. The standard InChI is InChI=1S/C10H19N3/c1-9-7-10(8-13(9)3)12(2)6-4-5-11/h9-10H,4,6-8H2,1-3H3. The smallest absolute Gasteiger partial charge is 0.0635 e. The van der Waals surface area contributed by atoms with E-state index in [1.807, 2.05) is 0 Å². The zero-order valence-corrected chi connectivity index (χ0v) is 8.82. The Kier molecular flexibility index (Phi) is 3.71. The highest BCUT2D eigenvalue weighted by Gasteiger charge is 2.28. The molecule has 0 aromatic carbocycles. The average molecular weight is 181 g/mol. The van der Waals surface area contributed by atoms with Crippen LogP contribution in [0.5, 0.6) is 0 Å². The van der Waals surface area contributed by atoms with E-state index in [9.17, 15) is 0 Å². The monoisotopic (exact) mass is 181 g/mol. The van der Waals surface area contributed by atoms with Crippen LogP contribution in [0.1, 0.15) is 19.8 Å². The molecule has 0 spiro atoms. The van der Waals surface area contributed by atoms with Gasteiger partial charge in [-0.25, -0.2) is 0 Å². The zero-order chi connectivity index (χ0) is 9.84. The number of rotatable bonds is 3. The van der Waals surface area contributed by atoms with Crippen molar-refractivity contribution >= 4 is 0 Å². The second kappa shape index (κ2) is 4.59. The van der Waals surface area contributed by atoms with E-state index in [1.54, 1.807) is 0 Å². The van der Waals surface area contributed by atoms with E-state index >= 15 is 0 Å². The summed E-state index contributed by atoms with van der Waals surface area (Å²) in [4.78, 5) is 4.69. The number of nitrogens with zero attached hydrogens (tertiary/aromatic N) is 3. The largest absolute Gasteiger partial charge is 0.302 e. The van der Waals surface area contributed by atoms with Gasteiger partial charge in [-0.15, -0.1) is 0 Å². The third-order valence-electron chi connectivity index (χ3n) is 3.06. The first-order valence-electron chi connectivity index (χ1n) is 4.92. The van der Waals surface area contributed by atoms with E-state index < -0.39 is 0 Å². The minimum atomic E-state index is 0.644. The first-order chi connectivity index (χ1) is 6.15. The molecule has 0 aromatic rings. The summed E-state index contributed by atoms with van der Waals surface area (Å²) in [6.45, 7) is 4.31. The van der Waals surface area contributed by atoms with Crippen LogP contribution in [0.3, 0.4) is 0 Å². The summed E-state index contributed by atoms with van der Waals surface area (Å²) in [5, 5.41) is 8.47. The van der Waals surface area contributed by atoms with E-state index in [2.05, 4.69) is 36.9 Å². The van der Waals surface area contributed by atoms with Crippen LogP contribution in [0, 0.1) is 11.3 Å². The van der Waals surface area contributed by atoms with Gasteiger partial charge < -0.3 is 9.80 Å². The van der Waals surface area contributed by atoms with Gasteiger partial charge >= 0.3 is 0 Å². The van der Waals surface area contributed by atoms with Gasteiger partial charge in [0.15, 0.2) is 0 Å². The molecule has 74 valence electrons. The van der Waals surface area contributed by atoms with Crippen molar-refractivity contribution in [2.24, 2.45) is 0 Å². The lowest BCUT2D eigenvalue weighted by Crippen LogP contribution is -2.34. The van der Waals surface area contributed by atoms with E-state index in [0.717, 1.165) is 13.1 Å². The van der Waals surface area contributed by atoms with Crippen molar-refractivity contribution in [3.8, 4) is 6.07 Å². The molecule has 1 saturated heterocycles. The summed E-state index contributed by atoms with van der Waals surface area (Å²) >= 11 is 0. The molecule has 0 N–H and O–H groups in total. The van der Waals surface area contributed by atoms with Crippen LogP contribution in [0.25, 0.3) is 0 Å². The second-order valence-electron chi connectivity index (χ2n) is 4.07. The fourth-order valence-electron chi connectivity index (χ4n) is 1.89. The van der Waals surface area contributed by atoms with Gasteiger partial charge in [0.25, 0.3) is 0 Å². The Morgan fingerprint density at radius 3 is 2.77 bits per heavy atom.